The van der Waals surface area contributed by atoms with E-state index < -0.39 is 0 Å². The minimum absolute atomic E-state index is 0.304. The minimum atomic E-state index is -0.304. The van der Waals surface area contributed by atoms with Crippen LogP contribution < -0.4 is 5.63 Å². The molecule has 24 heavy (non-hydrogen) atoms. The lowest BCUT2D eigenvalue weighted by Gasteiger charge is -2.10. The average Bonchev–Trinajstić information content (AvgIpc) is 2.64. The molecule has 2 aromatic carbocycles. The molecule has 0 amide bonds. The molecule has 0 bridgehead atoms. The second kappa shape index (κ2) is 7.98. The van der Waals surface area contributed by atoms with Gasteiger partial charge in [0.2, 0.25) is 0 Å². The van der Waals surface area contributed by atoms with Crippen molar-refractivity contribution < 1.29 is 4.42 Å². The predicted octanol–water partition coefficient (Wildman–Crippen LogP) is 5.54. The Morgan fingerprint density at radius 2 is 1.46 bits per heavy atom. The monoisotopic (exact) mass is 338 g/mol. The van der Waals surface area contributed by atoms with Crippen molar-refractivity contribution >= 4 is 11.6 Å². The van der Waals surface area contributed by atoms with Crippen LogP contribution in [0.15, 0.2) is 75.9 Å². The van der Waals surface area contributed by atoms with Crippen molar-refractivity contribution in [3.63, 3.8) is 0 Å². The highest BCUT2D eigenvalue weighted by Crippen LogP contribution is 2.27. The van der Waals surface area contributed by atoms with Crippen LogP contribution in [0, 0.1) is 0 Å². The van der Waals surface area contributed by atoms with Crippen LogP contribution in [0.5, 0.6) is 0 Å². The second-order valence-electron chi connectivity index (χ2n) is 5.68. The van der Waals surface area contributed by atoms with Crippen LogP contribution >= 0.6 is 11.6 Å². The second-order valence-corrected chi connectivity index (χ2v) is 6.06. The number of unbranched alkanes of at least 4 members (excludes halogenated alkanes) is 1. The van der Waals surface area contributed by atoms with Gasteiger partial charge in [0.1, 0.15) is 5.76 Å². The predicted molar refractivity (Wildman–Crippen MR) is 99.5 cm³/mol. The summed E-state index contributed by atoms with van der Waals surface area (Å²) in [4.78, 5) is 12.5. The molecule has 1 aromatic heterocycles. The Labute approximate surface area is 146 Å². The van der Waals surface area contributed by atoms with Crippen molar-refractivity contribution in [1.29, 1.82) is 0 Å². The molecule has 0 spiro atoms. The number of halogens is 1. The minimum Gasteiger partial charge on any atom is -0.422 e. The zero-order valence-electron chi connectivity index (χ0n) is 13.4. The molecular weight excluding hydrogens is 320 g/mol. The molecule has 0 N–H and O–H groups in total. The summed E-state index contributed by atoms with van der Waals surface area (Å²) in [6.45, 7) is 0. The Hall–Kier alpha value is -2.32. The van der Waals surface area contributed by atoms with Crippen LogP contribution in [-0.2, 0) is 6.42 Å². The lowest BCUT2D eigenvalue weighted by atomic mass is 9.99. The van der Waals surface area contributed by atoms with Gasteiger partial charge in [0.25, 0.3) is 0 Å². The summed E-state index contributed by atoms with van der Waals surface area (Å²) in [6, 6.07) is 21.4. The van der Waals surface area contributed by atoms with Crippen molar-refractivity contribution in [2.45, 2.75) is 19.3 Å². The van der Waals surface area contributed by atoms with Crippen molar-refractivity contribution in [3.05, 3.63) is 82.7 Å². The lowest BCUT2D eigenvalue weighted by Crippen LogP contribution is -2.06. The van der Waals surface area contributed by atoms with Gasteiger partial charge in [0.15, 0.2) is 0 Å². The van der Waals surface area contributed by atoms with Gasteiger partial charge in [-0.2, -0.15) is 0 Å². The van der Waals surface area contributed by atoms with Crippen LogP contribution in [0.1, 0.15) is 18.4 Å². The highest BCUT2D eigenvalue weighted by Gasteiger charge is 2.14. The van der Waals surface area contributed by atoms with Gasteiger partial charge in [-0.25, -0.2) is 4.79 Å². The fourth-order valence-electron chi connectivity index (χ4n) is 2.76. The van der Waals surface area contributed by atoms with E-state index >= 15 is 0 Å². The van der Waals surface area contributed by atoms with E-state index in [0.717, 1.165) is 36.0 Å². The molecule has 1 heterocycles. The standard InChI is InChI=1S/C21H19ClO2/c22-14-8-7-13-18-15-19(16-9-3-1-4-10-16)21(23)24-20(18)17-11-5-2-6-12-17/h1-6,9-12,15H,7-8,13-14H2. The van der Waals surface area contributed by atoms with E-state index in [1.165, 1.54) is 0 Å². The van der Waals surface area contributed by atoms with Gasteiger partial charge in [0.05, 0.1) is 5.56 Å². The molecule has 3 heteroatoms. The molecule has 122 valence electrons. The maximum atomic E-state index is 12.5. The topological polar surface area (TPSA) is 30.2 Å². The van der Waals surface area contributed by atoms with Gasteiger partial charge >= 0.3 is 5.63 Å². The summed E-state index contributed by atoms with van der Waals surface area (Å²) in [5.41, 5.74) is 3.15. The van der Waals surface area contributed by atoms with Crippen molar-refractivity contribution in [1.82, 2.24) is 0 Å². The van der Waals surface area contributed by atoms with Gasteiger partial charge in [0, 0.05) is 11.4 Å². The fraction of sp³-hybridized carbons (Fsp3) is 0.190. The summed E-state index contributed by atoms with van der Waals surface area (Å²) in [5, 5.41) is 0. The molecule has 0 fully saturated rings. The van der Waals surface area contributed by atoms with E-state index in [-0.39, 0.29) is 5.63 Å². The normalized spacial score (nSPS) is 10.7. The van der Waals surface area contributed by atoms with Crippen LogP contribution in [0.25, 0.3) is 22.5 Å². The van der Waals surface area contributed by atoms with Gasteiger partial charge in [-0.05, 0) is 36.5 Å². The van der Waals surface area contributed by atoms with E-state index in [9.17, 15) is 4.79 Å². The zero-order valence-corrected chi connectivity index (χ0v) is 14.1. The zero-order chi connectivity index (χ0) is 16.8. The Bertz CT molecular complexity index is 839. The Morgan fingerprint density at radius 1 is 0.833 bits per heavy atom. The van der Waals surface area contributed by atoms with E-state index in [4.69, 9.17) is 16.0 Å². The third kappa shape index (κ3) is 3.77. The molecule has 0 saturated carbocycles. The van der Waals surface area contributed by atoms with E-state index in [1.54, 1.807) is 0 Å². The van der Waals surface area contributed by atoms with Gasteiger partial charge in [-0.3, -0.25) is 0 Å². The molecule has 2 nitrogen and oxygen atoms in total. The molecule has 0 aliphatic rings. The molecule has 0 aliphatic heterocycles. The maximum absolute atomic E-state index is 12.5. The first-order chi connectivity index (χ1) is 11.8. The number of hydrogen-bond acceptors (Lipinski definition) is 2. The van der Waals surface area contributed by atoms with Crippen LogP contribution in [0.2, 0.25) is 0 Å². The van der Waals surface area contributed by atoms with Crippen molar-refractivity contribution in [2.24, 2.45) is 0 Å². The van der Waals surface area contributed by atoms with E-state index in [2.05, 4.69) is 0 Å². The number of alkyl halides is 1. The number of hydrogen-bond donors (Lipinski definition) is 0. The first-order valence-electron chi connectivity index (χ1n) is 8.13. The van der Waals surface area contributed by atoms with Crippen LogP contribution in [-0.4, -0.2) is 5.88 Å². The molecule has 0 aliphatic carbocycles. The lowest BCUT2D eigenvalue weighted by molar-refractivity contribution is 0.520. The third-order valence-corrected chi connectivity index (χ3v) is 4.24. The molecule has 0 unspecified atom stereocenters. The Kier molecular flexibility index (Phi) is 5.50. The highest BCUT2D eigenvalue weighted by atomic mass is 35.5. The molecule has 0 atom stereocenters. The summed E-state index contributed by atoms with van der Waals surface area (Å²) in [5.74, 6) is 1.30. The van der Waals surface area contributed by atoms with Crippen LogP contribution in [0.4, 0.5) is 0 Å². The van der Waals surface area contributed by atoms with Crippen LogP contribution in [0.3, 0.4) is 0 Å². The summed E-state index contributed by atoms with van der Waals surface area (Å²) < 4.78 is 5.72. The fourth-order valence-corrected chi connectivity index (χ4v) is 2.95. The van der Waals surface area contributed by atoms with Gasteiger partial charge in [-0.15, -0.1) is 11.6 Å². The first kappa shape index (κ1) is 16.5. The molecule has 3 aromatic rings. The van der Waals surface area contributed by atoms with Gasteiger partial charge < -0.3 is 4.42 Å². The quantitative estimate of drug-likeness (QED) is 0.436. The SMILES string of the molecule is O=c1oc(-c2ccccc2)c(CCCCCl)cc1-c1ccccc1. The molecule has 0 radical (unpaired) electrons. The van der Waals surface area contributed by atoms with Gasteiger partial charge in [-0.1, -0.05) is 60.7 Å². The Balaban J connectivity index is 2.09. The third-order valence-electron chi connectivity index (χ3n) is 3.98. The number of aryl methyl sites for hydroxylation is 1. The first-order valence-corrected chi connectivity index (χ1v) is 8.67. The summed E-state index contributed by atoms with van der Waals surface area (Å²) in [6.07, 6.45) is 2.74. The summed E-state index contributed by atoms with van der Waals surface area (Å²) in [7, 11) is 0. The smallest absolute Gasteiger partial charge is 0.344 e. The highest BCUT2D eigenvalue weighted by molar-refractivity contribution is 6.17. The Morgan fingerprint density at radius 3 is 2.08 bits per heavy atom. The maximum Gasteiger partial charge on any atom is 0.344 e. The molecule has 3 rings (SSSR count). The van der Waals surface area contributed by atoms with E-state index in [0.29, 0.717) is 17.2 Å². The van der Waals surface area contributed by atoms with E-state index in [1.807, 2.05) is 66.7 Å². The van der Waals surface area contributed by atoms with Crippen molar-refractivity contribution in [2.75, 3.05) is 5.88 Å². The molecule has 0 saturated heterocycles. The van der Waals surface area contributed by atoms with Crippen molar-refractivity contribution in [3.8, 4) is 22.5 Å². The summed E-state index contributed by atoms with van der Waals surface area (Å²) >= 11 is 5.80. The number of rotatable bonds is 6. The molecular formula is C21H19ClO2. The number of benzene rings is 2. The largest absolute Gasteiger partial charge is 0.422 e. The average molecular weight is 339 g/mol.